The Morgan fingerprint density at radius 1 is 1.26 bits per heavy atom. The van der Waals surface area contributed by atoms with Crippen LogP contribution in [-0.4, -0.2) is 31.0 Å². The third-order valence-electron chi connectivity index (χ3n) is 5.46. The molecule has 1 aliphatic rings. The fourth-order valence-corrected chi connectivity index (χ4v) is 4.07. The monoisotopic (exact) mass is 369 g/mol. The molecule has 0 heterocycles. The van der Waals surface area contributed by atoms with E-state index in [0.717, 1.165) is 45.1 Å². The van der Waals surface area contributed by atoms with Gasteiger partial charge >= 0.3 is 6.09 Å². The van der Waals surface area contributed by atoms with Gasteiger partial charge in [0.1, 0.15) is 13.4 Å². The van der Waals surface area contributed by atoms with Gasteiger partial charge in [0.05, 0.1) is 0 Å². The minimum Gasteiger partial charge on any atom is -0.444 e. The number of amides is 1. The molecule has 1 aliphatic carbocycles. The standard InChI is InChI=1S/C23H36BNO2/c1-5-6-7-8-9-12-18-25(21(26)27-22(2,3)4)23(24)17-13-15-19-14-10-11-16-20(19)23/h5,10-11,14,16H,1,6-9,12-13,15,17-18,24H2,2-4H3/t23-/m0/s1. The maximum Gasteiger partial charge on any atom is 0.410 e. The Hall–Kier alpha value is -1.71. The topological polar surface area (TPSA) is 29.5 Å². The van der Waals surface area contributed by atoms with Gasteiger partial charge < -0.3 is 9.64 Å². The first-order valence-electron chi connectivity index (χ1n) is 10.5. The minimum absolute atomic E-state index is 0.187. The molecule has 1 aromatic carbocycles. The van der Waals surface area contributed by atoms with Crippen molar-refractivity contribution in [2.45, 2.75) is 83.2 Å². The molecule has 1 amide bonds. The molecule has 3 nitrogen and oxygen atoms in total. The maximum atomic E-state index is 13.1. The summed E-state index contributed by atoms with van der Waals surface area (Å²) in [7, 11) is 2.21. The lowest BCUT2D eigenvalue weighted by Crippen LogP contribution is -2.53. The van der Waals surface area contributed by atoms with Gasteiger partial charge in [0.25, 0.3) is 0 Å². The van der Waals surface area contributed by atoms with Crippen LogP contribution < -0.4 is 0 Å². The number of fused-ring (bicyclic) bond motifs is 1. The number of carbonyl (C=O) groups excluding carboxylic acids is 1. The Bertz CT molecular complexity index is 638. The number of unbranched alkanes of at least 4 members (excludes halogenated alkanes) is 4. The summed E-state index contributed by atoms with van der Waals surface area (Å²) in [6, 6.07) is 8.58. The molecule has 2 rings (SSSR count). The number of ether oxygens (including phenoxy) is 1. The van der Waals surface area contributed by atoms with Crippen molar-refractivity contribution in [1.82, 2.24) is 4.90 Å². The van der Waals surface area contributed by atoms with Gasteiger partial charge in [0.2, 0.25) is 0 Å². The quantitative estimate of drug-likeness (QED) is 0.359. The van der Waals surface area contributed by atoms with Crippen molar-refractivity contribution in [2.75, 3.05) is 6.54 Å². The fourth-order valence-electron chi connectivity index (χ4n) is 4.07. The normalized spacial score (nSPS) is 19.2. The number of rotatable bonds is 8. The molecule has 0 saturated carbocycles. The van der Waals surface area contributed by atoms with Gasteiger partial charge in [-0.2, -0.15) is 0 Å². The maximum absolute atomic E-state index is 13.1. The first-order chi connectivity index (χ1) is 12.8. The highest BCUT2D eigenvalue weighted by molar-refractivity contribution is 6.17. The summed E-state index contributed by atoms with van der Waals surface area (Å²) in [5, 5.41) is 0. The van der Waals surface area contributed by atoms with Crippen LogP contribution in [0.2, 0.25) is 0 Å². The lowest BCUT2D eigenvalue weighted by Gasteiger charge is -2.45. The van der Waals surface area contributed by atoms with Crippen LogP contribution in [-0.2, 0) is 16.6 Å². The molecule has 4 heteroatoms. The molecule has 27 heavy (non-hydrogen) atoms. The Kier molecular flexibility index (Phi) is 7.58. The van der Waals surface area contributed by atoms with Gasteiger partial charge in [-0.1, -0.05) is 43.2 Å². The number of hydrogen-bond acceptors (Lipinski definition) is 2. The number of allylic oxidation sites excluding steroid dienone is 1. The Labute approximate surface area is 166 Å². The van der Waals surface area contributed by atoms with Crippen LogP contribution in [0.5, 0.6) is 0 Å². The van der Waals surface area contributed by atoms with Gasteiger partial charge in [0, 0.05) is 12.0 Å². The van der Waals surface area contributed by atoms with E-state index in [9.17, 15) is 4.79 Å². The molecule has 0 fully saturated rings. The first-order valence-corrected chi connectivity index (χ1v) is 10.5. The summed E-state index contributed by atoms with van der Waals surface area (Å²) in [4.78, 5) is 15.1. The van der Waals surface area contributed by atoms with Crippen molar-refractivity contribution in [3.8, 4) is 0 Å². The second-order valence-corrected chi connectivity index (χ2v) is 8.91. The highest BCUT2D eigenvalue weighted by Gasteiger charge is 2.41. The molecule has 0 unspecified atom stereocenters. The van der Waals surface area contributed by atoms with E-state index in [4.69, 9.17) is 4.74 Å². The average molecular weight is 369 g/mol. The number of aryl methyl sites for hydroxylation is 1. The highest BCUT2D eigenvalue weighted by Crippen LogP contribution is 2.38. The summed E-state index contributed by atoms with van der Waals surface area (Å²) < 4.78 is 5.80. The molecular formula is C23H36BNO2. The Morgan fingerprint density at radius 2 is 1.96 bits per heavy atom. The first kappa shape index (κ1) is 21.6. The van der Waals surface area contributed by atoms with Gasteiger partial charge in [-0.25, -0.2) is 4.79 Å². The summed E-state index contributed by atoms with van der Waals surface area (Å²) in [5.74, 6) is 0. The Balaban J connectivity index is 2.18. The van der Waals surface area contributed by atoms with Crippen LogP contribution in [0.1, 0.15) is 76.8 Å². The van der Waals surface area contributed by atoms with E-state index in [-0.39, 0.29) is 11.5 Å². The zero-order valence-electron chi connectivity index (χ0n) is 17.7. The molecule has 0 N–H and O–H groups in total. The summed E-state index contributed by atoms with van der Waals surface area (Å²) >= 11 is 0. The van der Waals surface area contributed by atoms with Gasteiger partial charge in [-0.3, -0.25) is 0 Å². The van der Waals surface area contributed by atoms with Crippen molar-refractivity contribution >= 4 is 13.9 Å². The molecule has 0 spiro atoms. The lowest BCUT2D eigenvalue weighted by molar-refractivity contribution is 0.00689. The van der Waals surface area contributed by atoms with E-state index in [1.165, 1.54) is 24.0 Å². The number of carbonyl (C=O) groups is 1. The number of nitrogens with zero attached hydrogens (tertiary/aromatic N) is 1. The molecule has 1 aromatic rings. The van der Waals surface area contributed by atoms with Crippen LogP contribution in [0.15, 0.2) is 36.9 Å². The van der Waals surface area contributed by atoms with Crippen molar-refractivity contribution in [3.63, 3.8) is 0 Å². The van der Waals surface area contributed by atoms with E-state index in [1.54, 1.807) is 0 Å². The van der Waals surface area contributed by atoms with Crippen LogP contribution in [0.4, 0.5) is 4.79 Å². The molecule has 0 aromatic heterocycles. The third kappa shape index (κ3) is 5.89. The zero-order chi connectivity index (χ0) is 19.9. The number of benzene rings is 1. The molecule has 0 aliphatic heterocycles. The predicted octanol–water partition coefficient (Wildman–Crippen LogP) is 5.18. The van der Waals surface area contributed by atoms with E-state index in [2.05, 4.69) is 38.7 Å². The molecule has 0 saturated heterocycles. The highest BCUT2D eigenvalue weighted by atomic mass is 16.6. The summed E-state index contributed by atoms with van der Waals surface area (Å²) in [5.41, 5.74) is 1.88. The Morgan fingerprint density at radius 3 is 2.67 bits per heavy atom. The smallest absolute Gasteiger partial charge is 0.410 e. The van der Waals surface area contributed by atoms with E-state index >= 15 is 0 Å². The van der Waals surface area contributed by atoms with Crippen molar-refractivity contribution in [3.05, 3.63) is 48.0 Å². The number of hydrogen-bond donors (Lipinski definition) is 0. The van der Waals surface area contributed by atoms with Gasteiger partial charge in [0.15, 0.2) is 0 Å². The molecule has 0 radical (unpaired) electrons. The fraction of sp³-hybridized carbons (Fsp3) is 0.609. The zero-order valence-corrected chi connectivity index (χ0v) is 17.7. The second kappa shape index (κ2) is 9.48. The van der Waals surface area contributed by atoms with E-state index in [0.29, 0.717) is 0 Å². The average Bonchev–Trinajstić information content (AvgIpc) is 2.60. The summed E-state index contributed by atoms with van der Waals surface area (Å²) in [6.45, 7) is 10.4. The third-order valence-corrected chi connectivity index (χ3v) is 5.46. The van der Waals surface area contributed by atoms with Crippen molar-refractivity contribution in [2.24, 2.45) is 0 Å². The van der Waals surface area contributed by atoms with E-state index < -0.39 is 5.60 Å². The van der Waals surface area contributed by atoms with Crippen LogP contribution >= 0.6 is 0 Å². The lowest BCUT2D eigenvalue weighted by atomic mass is 9.63. The van der Waals surface area contributed by atoms with Crippen LogP contribution in [0.3, 0.4) is 0 Å². The SMILES string of the molecule is B[C@]1(N(CCCCCCC=C)C(=O)OC(C)(C)C)CCCc2ccccc21. The predicted molar refractivity (Wildman–Crippen MR) is 116 cm³/mol. The summed E-state index contributed by atoms with van der Waals surface area (Å²) in [6.07, 6.45) is 10.5. The second-order valence-electron chi connectivity index (χ2n) is 8.91. The largest absolute Gasteiger partial charge is 0.444 e. The molecule has 1 atom stereocenters. The molecule has 148 valence electrons. The van der Waals surface area contributed by atoms with Crippen LogP contribution in [0.25, 0.3) is 0 Å². The van der Waals surface area contributed by atoms with Gasteiger partial charge in [-0.05, 0) is 70.4 Å². The van der Waals surface area contributed by atoms with Crippen molar-refractivity contribution in [1.29, 1.82) is 0 Å². The molecular weight excluding hydrogens is 333 g/mol. The molecule has 0 bridgehead atoms. The minimum atomic E-state index is -0.482. The van der Waals surface area contributed by atoms with Crippen molar-refractivity contribution < 1.29 is 9.53 Å². The van der Waals surface area contributed by atoms with Crippen LogP contribution in [0, 0.1) is 0 Å². The van der Waals surface area contributed by atoms with E-state index in [1.807, 2.05) is 31.7 Å². The van der Waals surface area contributed by atoms with Gasteiger partial charge in [-0.15, -0.1) is 6.58 Å².